The van der Waals surface area contributed by atoms with Crippen molar-refractivity contribution in [2.24, 2.45) is 4.99 Å². The summed E-state index contributed by atoms with van der Waals surface area (Å²) in [5.74, 6) is -0.120. The van der Waals surface area contributed by atoms with Gasteiger partial charge in [0, 0.05) is 13.6 Å². The summed E-state index contributed by atoms with van der Waals surface area (Å²) in [5, 5.41) is 0. The van der Waals surface area contributed by atoms with Crippen LogP contribution in [-0.2, 0) is 12.8 Å². The van der Waals surface area contributed by atoms with Crippen LogP contribution in [0.25, 0.3) is 0 Å². The zero-order chi connectivity index (χ0) is 16.8. The number of aliphatic imine (C=N–C) groups is 1. The normalized spacial score (nSPS) is 11.2. The second-order valence-corrected chi connectivity index (χ2v) is 5.97. The molecule has 0 atom stereocenters. The highest BCUT2D eigenvalue weighted by molar-refractivity contribution is 5.63. The number of benzene rings is 2. The van der Waals surface area contributed by atoms with Crippen LogP contribution in [0.3, 0.4) is 0 Å². The van der Waals surface area contributed by atoms with Crippen LogP contribution in [0.1, 0.15) is 29.2 Å². The molecule has 0 saturated heterocycles. The first-order valence-electron chi connectivity index (χ1n) is 8.09. The Labute approximate surface area is 138 Å². The lowest BCUT2D eigenvalue weighted by Crippen LogP contribution is -2.14. The highest BCUT2D eigenvalue weighted by Crippen LogP contribution is 2.24. The van der Waals surface area contributed by atoms with Crippen molar-refractivity contribution < 1.29 is 4.39 Å². The summed E-state index contributed by atoms with van der Waals surface area (Å²) in [6.07, 6.45) is 3.42. The van der Waals surface area contributed by atoms with E-state index in [2.05, 4.69) is 37.9 Å². The third-order valence-corrected chi connectivity index (χ3v) is 4.17. The highest BCUT2D eigenvalue weighted by Gasteiger charge is 2.06. The van der Waals surface area contributed by atoms with Gasteiger partial charge in [-0.2, -0.15) is 0 Å². The molecule has 0 unspecified atom stereocenters. The molecule has 0 aliphatic heterocycles. The van der Waals surface area contributed by atoms with Crippen molar-refractivity contribution in [3.63, 3.8) is 0 Å². The molecule has 0 radical (unpaired) electrons. The number of halogens is 1. The van der Waals surface area contributed by atoms with Gasteiger partial charge in [0.1, 0.15) is 5.82 Å². The van der Waals surface area contributed by atoms with E-state index in [-0.39, 0.29) is 5.82 Å². The van der Waals surface area contributed by atoms with Gasteiger partial charge >= 0.3 is 0 Å². The van der Waals surface area contributed by atoms with Crippen molar-refractivity contribution in [1.82, 2.24) is 4.90 Å². The summed E-state index contributed by atoms with van der Waals surface area (Å²) in [4.78, 5) is 6.59. The molecule has 2 aromatic carbocycles. The second-order valence-electron chi connectivity index (χ2n) is 5.97. The Morgan fingerprint density at radius 3 is 2.43 bits per heavy atom. The van der Waals surface area contributed by atoms with Gasteiger partial charge in [-0.1, -0.05) is 24.3 Å². The third-order valence-electron chi connectivity index (χ3n) is 4.17. The average molecular weight is 312 g/mol. The molecule has 0 N–H and O–H groups in total. The van der Waals surface area contributed by atoms with Crippen molar-refractivity contribution in [2.75, 3.05) is 13.6 Å². The highest BCUT2D eigenvalue weighted by atomic mass is 19.1. The molecule has 23 heavy (non-hydrogen) atoms. The van der Waals surface area contributed by atoms with Gasteiger partial charge < -0.3 is 4.90 Å². The molecule has 0 spiro atoms. The van der Waals surface area contributed by atoms with Gasteiger partial charge in [-0.15, -0.1) is 0 Å². The lowest BCUT2D eigenvalue weighted by atomic mass is 9.97. The van der Waals surface area contributed by atoms with E-state index in [1.807, 2.05) is 30.4 Å². The van der Waals surface area contributed by atoms with E-state index in [1.165, 1.54) is 17.2 Å². The number of aryl methyl sites for hydroxylation is 4. The van der Waals surface area contributed by atoms with Crippen LogP contribution in [0.2, 0.25) is 0 Å². The van der Waals surface area contributed by atoms with Crippen LogP contribution < -0.4 is 0 Å². The van der Waals surface area contributed by atoms with Gasteiger partial charge in [-0.05, 0) is 68.0 Å². The summed E-state index contributed by atoms with van der Waals surface area (Å²) < 4.78 is 13.7. The topological polar surface area (TPSA) is 15.6 Å². The molecule has 0 amide bonds. The fourth-order valence-electron chi connectivity index (χ4n) is 2.48. The Morgan fingerprint density at radius 2 is 1.74 bits per heavy atom. The number of rotatable bonds is 6. The molecule has 0 fully saturated rings. The average Bonchev–Trinajstić information content (AvgIpc) is 2.54. The molecule has 2 rings (SSSR count). The molecule has 0 bridgehead atoms. The molecular weight excluding hydrogens is 287 g/mol. The van der Waals surface area contributed by atoms with E-state index in [9.17, 15) is 4.39 Å². The van der Waals surface area contributed by atoms with Crippen LogP contribution in [-0.4, -0.2) is 24.8 Å². The first kappa shape index (κ1) is 17.2. The quantitative estimate of drug-likeness (QED) is 0.550. The molecule has 2 nitrogen and oxygen atoms in total. The Kier molecular flexibility index (Phi) is 5.91. The van der Waals surface area contributed by atoms with E-state index in [0.717, 1.165) is 29.8 Å². The Hall–Kier alpha value is -2.16. The largest absolute Gasteiger partial charge is 0.366 e. The van der Waals surface area contributed by atoms with Gasteiger partial charge in [-0.3, -0.25) is 0 Å². The van der Waals surface area contributed by atoms with E-state index in [0.29, 0.717) is 6.42 Å². The molecule has 0 aliphatic carbocycles. The van der Waals surface area contributed by atoms with Gasteiger partial charge in [0.2, 0.25) is 0 Å². The Balaban J connectivity index is 2.14. The van der Waals surface area contributed by atoms with Crippen molar-refractivity contribution in [3.05, 3.63) is 64.5 Å². The summed E-state index contributed by atoms with van der Waals surface area (Å²) in [6.45, 7) is 7.20. The molecular formula is C20H25FN2. The minimum atomic E-state index is -0.120. The minimum absolute atomic E-state index is 0.120. The van der Waals surface area contributed by atoms with Crippen LogP contribution in [0.5, 0.6) is 0 Å². The molecule has 0 aromatic heterocycles. The van der Waals surface area contributed by atoms with Crippen molar-refractivity contribution in [3.8, 4) is 0 Å². The predicted octanol–water partition coefficient (Wildman–Crippen LogP) is 4.84. The fraction of sp³-hybridized carbons (Fsp3) is 0.350. The lowest BCUT2D eigenvalue weighted by Gasteiger charge is -2.12. The van der Waals surface area contributed by atoms with Crippen molar-refractivity contribution >= 4 is 12.0 Å². The van der Waals surface area contributed by atoms with Crippen molar-refractivity contribution in [1.29, 1.82) is 0 Å². The zero-order valence-electron chi connectivity index (χ0n) is 14.4. The van der Waals surface area contributed by atoms with E-state index in [4.69, 9.17) is 0 Å². The lowest BCUT2D eigenvalue weighted by molar-refractivity contribution is 0.552. The van der Waals surface area contributed by atoms with Crippen LogP contribution in [0.4, 0.5) is 10.1 Å². The number of hydrogen-bond acceptors (Lipinski definition) is 1. The maximum atomic E-state index is 13.7. The Morgan fingerprint density at radius 1 is 1.04 bits per heavy atom. The smallest absolute Gasteiger partial charge is 0.126 e. The predicted molar refractivity (Wildman–Crippen MR) is 96.2 cm³/mol. The van der Waals surface area contributed by atoms with Gasteiger partial charge in [-0.25, -0.2) is 9.38 Å². The monoisotopic (exact) mass is 312 g/mol. The van der Waals surface area contributed by atoms with E-state index in [1.54, 1.807) is 6.07 Å². The van der Waals surface area contributed by atoms with Crippen LogP contribution >= 0.6 is 0 Å². The third kappa shape index (κ3) is 4.65. The standard InChI is InChI=1S/C20H25FN2/c1-5-23(4)14-22-20-13-15(2)18(12-16(20)3)11-10-17-8-6-7-9-19(17)21/h6-9,12-14H,5,10-11H2,1-4H3/b22-14+. The summed E-state index contributed by atoms with van der Waals surface area (Å²) in [5.41, 5.74) is 5.39. The molecule has 0 heterocycles. The van der Waals surface area contributed by atoms with E-state index >= 15 is 0 Å². The van der Waals surface area contributed by atoms with Crippen LogP contribution in [0, 0.1) is 19.7 Å². The van der Waals surface area contributed by atoms with E-state index < -0.39 is 0 Å². The SMILES string of the molecule is CCN(C)/C=N/c1cc(C)c(CCc2ccccc2F)cc1C. The number of hydrogen-bond donors (Lipinski definition) is 0. The molecule has 0 saturated carbocycles. The van der Waals surface area contributed by atoms with Gasteiger partial charge in [0.15, 0.2) is 0 Å². The van der Waals surface area contributed by atoms with Gasteiger partial charge in [0.05, 0.1) is 12.0 Å². The van der Waals surface area contributed by atoms with Gasteiger partial charge in [0.25, 0.3) is 0 Å². The molecule has 0 aliphatic rings. The van der Waals surface area contributed by atoms with Crippen LogP contribution in [0.15, 0.2) is 41.4 Å². The maximum Gasteiger partial charge on any atom is 0.126 e. The fourth-order valence-corrected chi connectivity index (χ4v) is 2.48. The Bertz CT molecular complexity index is 692. The second kappa shape index (κ2) is 7.91. The first-order valence-corrected chi connectivity index (χ1v) is 8.09. The van der Waals surface area contributed by atoms with Crippen molar-refractivity contribution in [2.45, 2.75) is 33.6 Å². The summed E-state index contributed by atoms with van der Waals surface area (Å²) >= 11 is 0. The maximum absolute atomic E-state index is 13.7. The first-order chi connectivity index (χ1) is 11.0. The minimum Gasteiger partial charge on any atom is -0.366 e. The number of nitrogens with zero attached hydrogens (tertiary/aromatic N) is 2. The zero-order valence-corrected chi connectivity index (χ0v) is 14.4. The molecule has 122 valence electrons. The summed E-state index contributed by atoms with van der Waals surface area (Å²) in [6, 6.07) is 11.3. The molecule has 3 heteroatoms. The molecule has 2 aromatic rings. The summed E-state index contributed by atoms with van der Waals surface area (Å²) in [7, 11) is 2.01.